The third-order valence-corrected chi connectivity index (χ3v) is 5.64. The molecule has 26 heavy (non-hydrogen) atoms. The number of nitrogens with one attached hydrogen (secondary N) is 2. The molecule has 0 aromatic heterocycles. The van der Waals surface area contributed by atoms with Gasteiger partial charge in [-0.2, -0.15) is 0 Å². The zero-order valence-electron chi connectivity index (χ0n) is 16.1. The fourth-order valence-electron chi connectivity index (χ4n) is 4.17. The lowest BCUT2D eigenvalue weighted by atomic mass is 10.0. The number of nitrogens with zero attached hydrogens (tertiary/aromatic N) is 2. The number of para-hydroxylation sites is 1. The molecule has 2 aliphatic heterocycles. The van der Waals surface area contributed by atoms with Crippen molar-refractivity contribution in [3.8, 4) is 0 Å². The summed E-state index contributed by atoms with van der Waals surface area (Å²) in [5.41, 5.74) is 1.28. The Labute approximate surface area is 158 Å². The molecule has 5 heteroatoms. The van der Waals surface area contributed by atoms with E-state index in [-0.39, 0.29) is 6.03 Å². The lowest BCUT2D eigenvalue weighted by molar-refractivity contribution is 0.181. The zero-order chi connectivity index (χ0) is 18.2. The molecule has 144 valence electrons. The molecular formula is C21H34N4O. The van der Waals surface area contributed by atoms with Gasteiger partial charge in [0, 0.05) is 38.4 Å². The van der Waals surface area contributed by atoms with E-state index in [9.17, 15) is 4.79 Å². The maximum absolute atomic E-state index is 12.0. The van der Waals surface area contributed by atoms with Crippen LogP contribution < -0.4 is 15.5 Å². The van der Waals surface area contributed by atoms with Crippen molar-refractivity contribution >= 4 is 11.7 Å². The van der Waals surface area contributed by atoms with E-state index >= 15 is 0 Å². The third kappa shape index (κ3) is 5.90. The average Bonchev–Trinajstić information content (AvgIpc) is 3.13. The van der Waals surface area contributed by atoms with E-state index < -0.39 is 0 Å². The Morgan fingerprint density at radius 3 is 2.77 bits per heavy atom. The predicted molar refractivity (Wildman–Crippen MR) is 108 cm³/mol. The summed E-state index contributed by atoms with van der Waals surface area (Å²) in [6.07, 6.45) is 4.85. The first-order valence-electron chi connectivity index (χ1n) is 10.2. The highest BCUT2D eigenvalue weighted by molar-refractivity contribution is 5.73. The van der Waals surface area contributed by atoms with Gasteiger partial charge < -0.3 is 20.4 Å². The Morgan fingerprint density at radius 2 is 1.96 bits per heavy atom. The van der Waals surface area contributed by atoms with E-state index in [4.69, 9.17) is 0 Å². The maximum atomic E-state index is 12.0. The molecule has 2 saturated heterocycles. The van der Waals surface area contributed by atoms with Crippen molar-refractivity contribution in [3.05, 3.63) is 30.3 Å². The van der Waals surface area contributed by atoms with Gasteiger partial charge in [-0.15, -0.1) is 0 Å². The molecular weight excluding hydrogens is 324 g/mol. The minimum atomic E-state index is -0.0184. The van der Waals surface area contributed by atoms with Crippen molar-refractivity contribution in [2.45, 2.75) is 32.6 Å². The molecule has 0 bridgehead atoms. The maximum Gasteiger partial charge on any atom is 0.314 e. The van der Waals surface area contributed by atoms with Crippen molar-refractivity contribution in [2.24, 2.45) is 11.8 Å². The molecule has 0 spiro atoms. The van der Waals surface area contributed by atoms with Crippen LogP contribution in [0.25, 0.3) is 0 Å². The lowest BCUT2D eigenvalue weighted by Gasteiger charge is -2.30. The van der Waals surface area contributed by atoms with Crippen molar-refractivity contribution in [3.63, 3.8) is 0 Å². The van der Waals surface area contributed by atoms with Crippen molar-refractivity contribution < 1.29 is 4.79 Å². The summed E-state index contributed by atoms with van der Waals surface area (Å²) in [6.45, 7) is 9.49. The molecule has 0 unspecified atom stereocenters. The Morgan fingerprint density at radius 1 is 1.12 bits per heavy atom. The number of hydrogen-bond donors (Lipinski definition) is 2. The number of anilines is 1. The van der Waals surface area contributed by atoms with Crippen LogP contribution in [0.1, 0.15) is 32.6 Å². The van der Waals surface area contributed by atoms with E-state index in [1.54, 1.807) is 0 Å². The number of rotatable bonds is 7. The number of urea groups is 1. The van der Waals surface area contributed by atoms with Gasteiger partial charge in [-0.3, -0.25) is 0 Å². The first-order valence-corrected chi connectivity index (χ1v) is 10.2. The third-order valence-electron chi connectivity index (χ3n) is 5.64. The Kier molecular flexibility index (Phi) is 7.18. The van der Waals surface area contributed by atoms with Crippen molar-refractivity contribution in [2.75, 3.05) is 50.7 Å². The topological polar surface area (TPSA) is 47.6 Å². The quantitative estimate of drug-likeness (QED) is 0.737. The van der Waals surface area contributed by atoms with Gasteiger partial charge in [0.25, 0.3) is 0 Å². The second-order valence-corrected chi connectivity index (χ2v) is 7.97. The minimum Gasteiger partial charge on any atom is -0.371 e. The number of benzene rings is 1. The Bertz CT molecular complexity index is 550. The van der Waals surface area contributed by atoms with Gasteiger partial charge >= 0.3 is 6.03 Å². The van der Waals surface area contributed by atoms with Crippen LogP contribution in [0.5, 0.6) is 0 Å². The van der Waals surface area contributed by atoms with E-state index in [0.29, 0.717) is 5.92 Å². The highest BCUT2D eigenvalue weighted by atomic mass is 16.2. The summed E-state index contributed by atoms with van der Waals surface area (Å²) >= 11 is 0. The molecule has 2 amide bonds. The summed E-state index contributed by atoms with van der Waals surface area (Å²) in [6, 6.07) is 10.5. The molecule has 1 aromatic carbocycles. The lowest BCUT2D eigenvalue weighted by Crippen LogP contribution is -2.40. The summed E-state index contributed by atoms with van der Waals surface area (Å²) in [4.78, 5) is 16.9. The monoisotopic (exact) mass is 358 g/mol. The van der Waals surface area contributed by atoms with Crippen LogP contribution in [-0.4, -0.2) is 56.7 Å². The van der Waals surface area contributed by atoms with E-state index in [2.05, 4.69) is 57.7 Å². The molecule has 2 fully saturated rings. The second-order valence-electron chi connectivity index (χ2n) is 7.97. The SMILES string of the molecule is C[C@@H]1CCCN(CCCNC(=O)NC[C@@H]2CCN(c3ccccc3)C2)C1. The Balaban J connectivity index is 1.25. The Hall–Kier alpha value is -1.75. The molecule has 3 rings (SSSR count). The average molecular weight is 359 g/mol. The van der Waals surface area contributed by atoms with Gasteiger partial charge in [-0.25, -0.2) is 4.79 Å². The number of piperidine rings is 1. The number of hydrogen-bond acceptors (Lipinski definition) is 3. The molecule has 0 saturated carbocycles. The largest absolute Gasteiger partial charge is 0.371 e. The number of likely N-dealkylation sites (tertiary alicyclic amines) is 1. The first kappa shape index (κ1) is 19.0. The van der Waals surface area contributed by atoms with E-state index in [1.807, 2.05) is 0 Å². The van der Waals surface area contributed by atoms with Crippen LogP contribution in [0.15, 0.2) is 30.3 Å². The highest BCUT2D eigenvalue weighted by Gasteiger charge is 2.23. The van der Waals surface area contributed by atoms with Crippen molar-refractivity contribution in [1.82, 2.24) is 15.5 Å². The molecule has 2 heterocycles. The van der Waals surface area contributed by atoms with Gasteiger partial charge in [0.15, 0.2) is 0 Å². The molecule has 2 N–H and O–H groups in total. The van der Waals surface area contributed by atoms with E-state index in [0.717, 1.165) is 51.5 Å². The van der Waals surface area contributed by atoms with Crippen LogP contribution in [0.4, 0.5) is 10.5 Å². The zero-order valence-corrected chi connectivity index (χ0v) is 16.1. The number of carbonyl (C=O) groups excluding carboxylic acids is 1. The molecule has 0 radical (unpaired) electrons. The van der Waals surface area contributed by atoms with Gasteiger partial charge in [-0.1, -0.05) is 25.1 Å². The molecule has 5 nitrogen and oxygen atoms in total. The van der Waals surface area contributed by atoms with Gasteiger partial charge in [0.05, 0.1) is 0 Å². The summed E-state index contributed by atoms with van der Waals surface area (Å²) < 4.78 is 0. The smallest absolute Gasteiger partial charge is 0.314 e. The highest BCUT2D eigenvalue weighted by Crippen LogP contribution is 2.22. The first-order chi connectivity index (χ1) is 12.7. The summed E-state index contributed by atoms with van der Waals surface area (Å²) in [5, 5.41) is 6.06. The second kappa shape index (κ2) is 9.81. The van der Waals surface area contributed by atoms with Gasteiger partial charge in [0.1, 0.15) is 0 Å². The molecule has 0 aliphatic carbocycles. The standard InChI is InChI=1S/C21H34N4O/c1-18-7-5-12-24(16-18)13-6-11-22-21(26)23-15-19-10-14-25(17-19)20-8-3-2-4-9-20/h2-4,8-9,18-19H,5-7,10-17H2,1H3,(H2,22,23,26)/t18-,19+/m1/s1. The molecule has 1 aromatic rings. The minimum absolute atomic E-state index is 0.0184. The van der Waals surface area contributed by atoms with Crippen LogP contribution in [-0.2, 0) is 0 Å². The molecule has 2 atom stereocenters. The predicted octanol–water partition coefficient (Wildman–Crippen LogP) is 2.93. The van der Waals surface area contributed by atoms with Crippen molar-refractivity contribution in [1.29, 1.82) is 0 Å². The van der Waals surface area contributed by atoms with Crippen LogP contribution in [0, 0.1) is 11.8 Å². The number of carbonyl (C=O) groups is 1. The molecule has 2 aliphatic rings. The summed E-state index contributed by atoms with van der Waals surface area (Å²) in [7, 11) is 0. The van der Waals surface area contributed by atoms with Crippen LogP contribution >= 0.6 is 0 Å². The normalized spacial score (nSPS) is 23.8. The fraction of sp³-hybridized carbons (Fsp3) is 0.667. The van der Waals surface area contributed by atoms with Gasteiger partial charge in [-0.05, 0) is 62.7 Å². The number of amides is 2. The van der Waals surface area contributed by atoms with E-state index in [1.165, 1.54) is 31.6 Å². The van der Waals surface area contributed by atoms with Crippen LogP contribution in [0.3, 0.4) is 0 Å². The van der Waals surface area contributed by atoms with Crippen LogP contribution in [0.2, 0.25) is 0 Å². The summed E-state index contributed by atoms with van der Waals surface area (Å²) in [5.74, 6) is 1.36. The fourth-order valence-corrected chi connectivity index (χ4v) is 4.17. The van der Waals surface area contributed by atoms with Gasteiger partial charge in [0.2, 0.25) is 0 Å².